The Kier molecular flexibility index (Phi) is 3.97. The first-order chi connectivity index (χ1) is 7.85. The van der Waals surface area contributed by atoms with Crippen LogP contribution in [-0.2, 0) is 13.1 Å². The van der Waals surface area contributed by atoms with Crippen molar-refractivity contribution in [3.63, 3.8) is 0 Å². The van der Waals surface area contributed by atoms with Crippen molar-refractivity contribution in [2.75, 3.05) is 6.54 Å². The quantitative estimate of drug-likeness (QED) is 0.795. The smallest absolute Gasteiger partial charge is 0.0239 e. The molecule has 88 valence electrons. The monoisotopic (exact) mass is 218 g/mol. The highest BCUT2D eigenvalue weighted by Gasteiger charge is 2.28. The maximum absolute atomic E-state index is 5.77. The SMILES string of the molecule is CCCN(Cc1ccccc1CN)C1CC1. The normalized spacial score (nSPS) is 15.7. The van der Waals surface area contributed by atoms with Crippen LogP contribution in [0.4, 0.5) is 0 Å². The van der Waals surface area contributed by atoms with E-state index in [4.69, 9.17) is 5.73 Å². The Balaban J connectivity index is 2.05. The standard InChI is InChI=1S/C14H22N2/c1-2-9-16(14-7-8-14)11-13-6-4-3-5-12(13)10-15/h3-6,14H,2,7-11,15H2,1H3. The van der Waals surface area contributed by atoms with Crippen molar-refractivity contribution in [2.24, 2.45) is 5.73 Å². The van der Waals surface area contributed by atoms with Crippen LogP contribution in [0.5, 0.6) is 0 Å². The lowest BCUT2D eigenvalue weighted by molar-refractivity contribution is 0.254. The molecule has 0 radical (unpaired) electrons. The molecule has 0 aromatic heterocycles. The van der Waals surface area contributed by atoms with E-state index in [-0.39, 0.29) is 0 Å². The summed E-state index contributed by atoms with van der Waals surface area (Å²) in [6, 6.07) is 9.39. The molecule has 1 fully saturated rings. The first-order valence-corrected chi connectivity index (χ1v) is 6.36. The van der Waals surface area contributed by atoms with Crippen molar-refractivity contribution >= 4 is 0 Å². The molecule has 1 aliphatic rings. The third-order valence-electron chi connectivity index (χ3n) is 3.29. The summed E-state index contributed by atoms with van der Waals surface area (Å²) in [6.45, 7) is 5.19. The third-order valence-corrected chi connectivity index (χ3v) is 3.29. The lowest BCUT2D eigenvalue weighted by Gasteiger charge is -2.22. The molecule has 1 saturated carbocycles. The highest BCUT2D eigenvalue weighted by Crippen LogP contribution is 2.28. The summed E-state index contributed by atoms with van der Waals surface area (Å²) >= 11 is 0. The molecule has 0 aliphatic heterocycles. The molecule has 0 unspecified atom stereocenters. The van der Waals surface area contributed by atoms with E-state index in [1.807, 2.05) is 0 Å². The highest BCUT2D eigenvalue weighted by atomic mass is 15.2. The molecule has 2 nitrogen and oxygen atoms in total. The lowest BCUT2D eigenvalue weighted by Crippen LogP contribution is -2.27. The van der Waals surface area contributed by atoms with Gasteiger partial charge in [-0.3, -0.25) is 4.90 Å². The predicted octanol–water partition coefficient (Wildman–Crippen LogP) is 2.52. The number of benzene rings is 1. The Bertz CT molecular complexity index is 331. The van der Waals surface area contributed by atoms with Gasteiger partial charge < -0.3 is 5.73 Å². The van der Waals surface area contributed by atoms with Crippen LogP contribution in [0.25, 0.3) is 0 Å². The van der Waals surface area contributed by atoms with Gasteiger partial charge in [0.15, 0.2) is 0 Å². The molecule has 0 bridgehead atoms. The lowest BCUT2D eigenvalue weighted by atomic mass is 10.1. The molecule has 1 aliphatic carbocycles. The summed E-state index contributed by atoms with van der Waals surface area (Å²) in [5, 5.41) is 0. The molecule has 0 atom stereocenters. The zero-order valence-corrected chi connectivity index (χ0v) is 10.2. The van der Waals surface area contributed by atoms with Gasteiger partial charge >= 0.3 is 0 Å². The Hall–Kier alpha value is -0.860. The molecule has 2 rings (SSSR count). The van der Waals surface area contributed by atoms with Crippen LogP contribution in [0.2, 0.25) is 0 Å². The minimum atomic E-state index is 0.654. The van der Waals surface area contributed by atoms with Crippen molar-refractivity contribution < 1.29 is 0 Å². The summed E-state index contributed by atoms with van der Waals surface area (Å²) in [5.74, 6) is 0. The fraction of sp³-hybridized carbons (Fsp3) is 0.571. The Morgan fingerprint density at radius 2 is 1.94 bits per heavy atom. The van der Waals surface area contributed by atoms with Gasteiger partial charge in [0.1, 0.15) is 0 Å². The van der Waals surface area contributed by atoms with Crippen LogP contribution in [0, 0.1) is 0 Å². The van der Waals surface area contributed by atoms with Crippen LogP contribution >= 0.6 is 0 Å². The van der Waals surface area contributed by atoms with E-state index in [9.17, 15) is 0 Å². The van der Waals surface area contributed by atoms with E-state index >= 15 is 0 Å². The van der Waals surface area contributed by atoms with Crippen LogP contribution in [-0.4, -0.2) is 17.5 Å². The van der Waals surface area contributed by atoms with Crippen LogP contribution < -0.4 is 5.73 Å². The molecule has 1 aromatic carbocycles. The van der Waals surface area contributed by atoms with Crippen LogP contribution in [0.3, 0.4) is 0 Å². The molecule has 1 aromatic rings. The molecule has 2 N–H and O–H groups in total. The van der Waals surface area contributed by atoms with E-state index < -0.39 is 0 Å². The topological polar surface area (TPSA) is 29.3 Å². The van der Waals surface area contributed by atoms with E-state index in [1.54, 1.807) is 0 Å². The second-order valence-electron chi connectivity index (χ2n) is 4.67. The van der Waals surface area contributed by atoms with Crippen molar-refractivity contribution in [3.05, 3.63) is 35.4 Å². The minimum absolute atomic E-state index is 0.654. The Morgan fingerprint density at radius 3 is 2.50 bits per heavy atom. The summed E-state index contributed by atoms with van der Waals surface area (Å²) in [4.78, 5) is 2.61. The fourth-order valence-corrected chi connectivity index (χ4v) is 2.25. The van der Waals surface area contributed by atoms with Gasteiger partial charge in [-0.25, -0.2) is 0 Å². The van der Waals surface area contributed by atoms with Gasteiger partial charge in [0.25, 0.3) is 0 Å². The Labute approximate surface area is 98.4 Å². The van der Waals surface area contributed by atoms with E-state index in [2.05, 4.69) is 36.1 Å². The molecule has 0 saturated heterocycles. The molecule has 2 heteroatoms. The zero-order chi connectivity index (χ0) is 11.4. The number of nitrogens with zero attached hydrogens (tertiary/aromatic N) is 1. The maximum Gasteiger partial charge on any atom is 0.0239 e. The summed E-state index contributed by atoms with van der Waals surface area (Å²) < 4.78 is 0. The van der Waals surface area contributed by atoms with Crippen molar-refractivity contribution in [2.45, 2.75) is 45.3 Å². The summed E-state index contributed by atoms with van der Waals surface area (Å²) in [7, 11) is 0. The van der Waals surface area contributed by atoms with Gasteiger partial charge in [-0.15, -0.1) is 0 Å². The maximum atomic E-state index is 5.77. The molecule has 0 heterocycles. The van der Waals surface area contributed by atoms with Gasteiger partial charge in [-0.05, 0) is 36.9 Å². The summed E-state index contributed by atoms with van der Waals surface area (Å²) in [6.07, 6.45) is 4.00. The average Bonchev–Trinajstić information content (AvgIpc) is 3.13. The average molecular weight is 218 g/mol. The van der Waals surface area contributed by atoms with Crippen molar-refractivity contribution in [3.8, 4) is 0 Å². The molecular weight excluding hydrogens is 196 g/mol. The second kappa shape index (κ2) is 5.46. The first-order valence-electron chi connectivity index (χ1n) is 6.36. The fourth-order valence-electron chi connectivity index (χ4n) is 2.25. The second-order valence-corrected chi connectivity index (χ2v) is 4.67. The van der Waals surface area contributed by atoms with E-state index in [0.717, 1.165) is 12.6 Å². The number of rotatable bonds is 6. The summed E-state index contributed by atoms with van der Waals surface area (Å²) in [5.41, 5.74) is 8.48. The zero-order valence-electron chi connectivity index (χ0n) is 10.2. The minimum Gasteiger partial charge on any atom is -0.326 e. The first kappa shape index (κ1) is 11.6. The third kappa shape index (κ3) is 2.83. The largest absolute Gasteiger partial charge is 0.326 e. The van der Waals surface area contributed by atoms with Gasteiger partial charge in [0.05, 0.1) is 0 Å². The molecule has 0 spiro atoms. The molecular formula is C14H22N2. The van der Waals surface area contributed by atoms with Gasteiger partial charge in [0.2, 0.25) is 0 Å². The highest BCUT2D eigenvalue weighted by molar-refractivity contribution is 5.27. The Morgan fingerprint density at radius 1 is 1.25 bits per heavy atom. The van der Waals surface area contributed by atoms with Crippen LogP contribution in [0.1, 0.15) is 37.3 Å². The van der Waals surface area contributed by atoms with Gasteiger partial charge in [-0.2, -0.15) is 0 Å². The number of nitrogens with two attached hydrogens (primary N) is 1. The predicted molar refractivity (Wildman–Crippen MR) is 68.1 cm³/mol. The van der Waals surface area contributed by atoms with Crippen molar-refractivity contribution in [1.82, 2.24) is 4.90 Å². The molecule has 16 heavy (non-hydrogen) atoms. The van der Waals surface area contributed by atoms with Gasteiger partial charge in [-0.1, -0.05) is 31.2 Å². The van der Waals surface area contributed by atoms with Crippen molar-refractivity contribution in [1.29, 1.82) is 0 Å². The molecule has 0 amide bonds. The number of hydrogen-bond donors (Lipinski definition) is 1. The number of hydrogen-bond acceptors (Lipinski definition) is 2. The van der Waals surface area contributed by atoms with E-state index in [0.29, 0.717) is 6.54 Å². The van der Waals surface area contributed by atoms with Crippen LogP contribution in [0.15, 0.2) is 24.3 Å². The van der Waals surface area contributed by atoms with Gasteiger partial charge in [0, 0.05) is 19.1 Å². The van der Waals surface area contributed by atoms with E-state index in [1.165, 1.54) is 36.9 Å².